The highest BCUT2D eigenvalue weighted by molar-refractivity contribution is 5.91. The monoisotopic (exact) mass is 418 g/mol. The van der Waals surface area contributed by atoms with Crippen molar-refractivity contribution >= 4 is 22.8 Å². The zero-order valence-electron chi connectivity index (χ0n) is 17.3. The molecule has 0 bridgehead atoms. The Bertz CT molecular complexity index is 1170. The first kappa shape index (κ1) is 20.2. The van der Waals surface area contributed by atoms with Crippen LogP contribution in [0.2, 0.25) is 0 Å². The maximum absolute atomic E-state index is 11.9. The van der Waals surface area contributed by atoms with Crippen molar-refractivity contribution in [3.63, 3.8) is 0 Å². The van der Waals surface area contributed by atoms with Crippen molar-refractivity contribution in [2.24, 2.45) is 0 Å². The molecule has 1 aromatic carbocycles. The summed E-state index contributed by atoms with van der Waals surface area (Å²) in [5, 5.41) is 11.3. The highest BCUT2D eigenvalue weighted by Crippen LogP contribution is 2.25. The highest BCUT2D eigenvalue weighted by Gasteiger charge is 2.26. The Labute approximate surface area is 179 Å². The summed E-state index contributed by atoms with van der Waals surface area (Å²) in [7, 11) is 3.19. The standard InChI is InChI=1S/C22H22N6O3/c1-4-19(29)28-8-7-15(12-28)25-21-20-18(26-27-22(20)24-13-23-21)6-5-14-9-16(30-2)11-17(10-14)31-3/h4,9-11,13,15H,1,7-8,12H2,2-3H3,(H2,23,24,25,26,27). The highest BCUT2D eigenvalue weighted by atomic mass is 16.5. The van der Waals surface area contributed by atoms with Crippen molar-refractivity contribution in [3.8, 4) is 23.3 Å². The average Bonchev–Trinajstić information content (AvgIpc) is 3.44. The van der Waals surface area contributed by atoms with Gasteiger partial charge in [-0.1, -0.05) is 12.5 Å². The zero-order valence-corrected chi connectivity index (χ0v) is 17.3. The van der Waals surface area contributed by atoms with Gasteiger partial charge in [-0.15, -0.1) is 0 Å². The Kier molecular flexibility index (Phi) is 5.71. The Morgan fingerprint density at radius 2 is 2.03 bits per heavy atom. The number of nitrogens with zero attached hydrogens (tertiary/aromatic N) is 4. The Hall–Kier alpha value is -4.06. The lowest BCUT2D eigenvalue weighted by Crippen LogP contribution is -2.30. The van der Waals surface area contributed by atoms with Crippen LogP contribution in [0.15, 0.2) is 37.2 Å². The zero-order chi connectivity index (χ0) is 21.8. The van der Waals surface area contributed by atoms with Crippen molar-refractivity contribution < 1.29 is 14.3 Å². The number of fused-ring (bicyclic) bond motifs is 1. The van der Waals surface area contributed by atoms with E-state index in [4.69, 9.17) is 9.47 Å². The summed E-state index contributed by atoms with van der Waals surface area (Å²) >= 11 is 0. The molecule has 1 aliphatic rings. The molecular formula is C22H22N6O3. The first-order valence-electron chi connectivity index (χ1n) is 9.73. The number of hydrogen-bond donors (Lipinski definition) is 2. The second-order valence-corrected chi connectivity index (χ2v) is 6.99. The number of ether oxygens (including phenoxy) is 2. The summed E-state index contributed by atoms with van der Waals surface area (Å²) < 4.78 is 10.6. The SMILES string of the molecule is C=CC(=O)N1CCC(Nc2ncnc3[nH]nc(C#Cc4cc(OC)cc(OC)c4)c23)C1. The number of H-pyrrole nitrogens is 1. The number of carbonyl (C=O) groups is 1. The molecule has 1 aliphatic heterocycles. The second kappa shape index (κ2) is 8.75. The fourth-order valence-electron chi connectivity index (χ4n) is 3.47. The predicted molar refractivity (Wildman–Crippen MR) is 116 cm³/mol. The minimum Gasteiger partial charge on any atom is -0.497 e. The molecule has 1 unspecified atom stereocenters. The van der Waals surface area contributed by atoms with E-state index in [1.54, 1.807) is 25.2 Å². The van der Waals surface area contributed by atoms with E-state index < -0.39 is 0 Å². The molecule has 0 spiro atoms. The summed E-state index contributed by atoms with van der Waals surface area (Å²) in [4.78, 5) is 22.2. The molecule has 158 valence electrons. The number of carbonyl (C=O) groups excluding carboxylic acids is 1. The van der Waals surface area contributed by atoms with E-state index in [0.717, 1.165) is 12.0 Å². The van der Waals surface area contributed by atoms with Crippen LogP contribution in [0.5, 0.6) is 11.5 Å². The summed E-state index contributed by atoms with van der Waals surface area (Å²) in [6, 6.07) is 5.50. The number of aromatic amines is 1. The molecule has 31 heavy (non-hydrogen) atoms. The number of aromatic nitrogens is 4. The molecule has 9 heteroatoms. The maximum atomic E-state index is 11.9. The lowest BCUT2D eigenvalue weighted by molar-refractivity contribution is -0.125. The molecule has 1 amide bonds. The van der Waals surface area contributed by atoms with Gasteiger partial charge in [0.15, 0.2) is 5.65 Å². The molecule has 3 aromatic rings. The van der Waals surface area contributed by atoms with Gasteiger partial charge < -0.3 is 19.7 Å². The van der Waals surface area contributed by atoms with Gasteiger partial charge in [0.25, 0.3) is 0 Å². The number of nitrogens with one attached hydrogen (secondary N) is 2. The lowest BCUT2D eigenvalue weighted by atomic mass is 10.2. The molecule has 1 saturated heterocycles. The molecule has 0 aliphatic carbocycles. The average molecular weight is 418 g/mol. The van der Waals surface area contributed by atoms with E-state index >= 15 is 0 Å². The van der Waals surface area contributed by atoms with E-state index in [1.807, 2.05) is 12.1 Å². The van der Waals surface area contributed by atoms with E-state index in [-0.39, 0.29) is 11.9 Å². The molecule has 0 saturated carbocycles. The number of anilines is 1. The second-order valence-electron chi connectivity index (χ2n) is 6.99. The number of hydrogen-bond acceptors (Lipinski definition) is 7. The van der Waals surface area contributed by atoms with E-state index in [2.05, 4.69) is 43.9 Å². The van der Waals surface area contributed by atoms with Crippen molar-refractivity contribution in [1.29, 1.82) is 0 Å². The molecule has 3 heterocycles. The van der Waals surface area contributed by atoms with Crippen LogP contribution in [0.3, 0.4) is 0 Å². The third-order valence-electron chi connectivity index (χ3n) is 5.05. The van der Waals surface area contributed by atoms with Crippen LogP contribution in [-0.4, -0.2) is 64.3 Å². The predicted octanol–water partition coefficient (Wildman–Crippen LogP) is 1.97. The van der Waals surface area contributed by atoms with Crippen molar-refractivity contribution in [1.82, 2.24) is 25.1 Å². The lowest BCUT2D eigenvalue weighted by Gasteiger charge is -2.16. The van der Waals surface area contributed by atoms with E-state index in [1.165, 1.54) is 12.4 Å². The van der Waals surface area contributed by atoms with Gasteiger partial charge in [-0.25, -0.2) is 9.97 Å². The number of likely N-dealkylation sites (tertiary alicyclic amines) is 1. The topological polar surface area (TPSA) is 105 Å². The van der Waals surface area contributed by atoms with Crippen LogP contribution in [0, 0.1) is 11.8 Å². The van der Waals surface area contributed by atoms with Gasteiger partial charge in [-0.3, -0.25) is 9.89 Å². The van der Waals surface area contributed by atoms with Crippen LogP contribution >= 0.6 is 0 Å². The Morgan fingerprint density at radius 3 is 2.74 bits per heavy atom. The Balaban J connectivity index is 1.62. The Morgan fingerprint density at radius 1 is 1.26 bits per heavy atom. The molecule has 1 fully saturated rings. The van der Waals surface area contributed by atoms with E-state index in [9.17, 15) is 4.79 Å². The third kappa shape index (κ3) is 4.28. The normalized spacial score (nSPS) is 15.3. The molecule has 2 N–H and O–H groups in total. The van der Waals surface area contributed by atoms with Crippen molar-refractivity contribution in [2.75, 3.05) is 32.6 Å². The first-order valence-corrected chi connectivity index (χ1v) is 9.73. The van der Waals surface area contributed by atoms with Crippen LogP contribution in [0.25, 0.3) is 11.0 Å². The molecular weight excluding hydrogens is 396 g/mol. The molecule has 2 aromatic heterocycles. The van der Waals surface area contributed by atoms with Gasteiger partial charge in [-0.2, -0.15) is 5.10 Å². The molecule has 9 nitrogen and oxygen atoms in total. The van der Waals surface area contributed by atoms with Gasteiger partial charge in [0, 0.05) is 30.8 Å². The van der Waals surface area contributed by atoms with Crippen LogP contribution in [-0.2, 0) is 4.79 Å². The minimum atomic E-state index is -0.0688. The number of rotatable bonds is 5. The fourth-order valence-corrected chi connectivity index (χ4v) is 3.47. The number of methoxy groups -OCH3 is 2. The number of amides is 1. The maximum Gasteiger partial charge on any atom is 0.246 e. The van der Waals surface area contributed by atoms with Crippen LogP contribution < -0.4 is 14.8 Å². The van der Waals surface area contributed by atoms with Gasteiger partial charge in [0.1, 0.15) is 29.3 Å². The summed E-state index contributed by atoms with van der Waals surface area (Å²) in [5.74, 6) is 8.05. The number of benzene rings is 1. The third-order valence-corrected chi connectivity index (χ3v) is 5.05. The summed E-state index contributed by atoms with van der Waals surface area (Å²) in [6.07, 6.45) is 3.62. The van der Waals surface area contributed by atoms with Crippen LogP contribution in [0.4, 0.5) is 5.82 Å². The molecule has 0 radical (unpaired) electrons. The van der Waals surface area contributed by atoms with Crippen molar-refractivity contribution in [3.05, 3.63) is 48.4 Å². The smallest absolute Gasteiger partial charge is 0.246 e. The van der Waals surface area contributed by atoms with Gasteiger partial charge in [0.2, 0.25) is 5.91 Å². The molecule has 1 atom stereocenters. The molecule has 4 rings (SSSR count). The van der Waals surface area contributed by atoms with Gasteiger partial charge >= 0.3 is 0 Å². The summed E-state index contributed by atoms with van der Waals surface area (Å²) in [6.45, 7) is 4.81. The minimum absolute atomic E-state index is 0.0688. The van der Waals surface area contributed by atoms with E-state index in [0.29, 0.717) is 47.1 Å². The first-order chi connectivity index (χ1) is 15.1. The fraction of sp³-hybridized carbons (Fsp3) is 0.273. The largest absolute Gasteiger partial charge is 0.497 e. The summed E-state index contributed by atoms with van der Waals surface area (Å²) in [5.41, 5.74) is 1.84. The van der Waals surface area contributed by atoms with Crippen LogP contribution in [0.1, 0.15) is 17.7 Å². The van der Waals surface area contributed by atoms with Gasteiger partial charge in [-0.05, 0) is 30.6 Å². The quantitative estimate of drug-likeness (QED) is 0.482. The van der Waals surface area contributed by atoms with Crippen molar-refractivity contribution in [2.45, 2.75) is 12.5 Å². The van der Waals surface area contributed by atoms with Gasteiger partial charge in [0.05, 0.1) is 19.6 Å².